The van der Waals surface area contributed by atoms with Crippen LogP contribution in [-0.2, 0) is 17.8 Å². The quantitative estimate of drug-likeness (QED) is 0.246. The van der Waals surface area contributed by atoms with E-state index in [0.717, 1.165) is 35.4 Å². The maximum absolute atomic E-state index is 13.0. The van der Waals surface area contributed by atoms with Gasteiger partial charge >= 0.3 is 0 Å². The molecule has 1 aliphatic heterocycles. The first-order valence-corrected chi connectivity index (χ1v) is 13.3. The molecule has 9 heteroatoms. The van der Waals surface area contributed by atoms with Crippen molar-refractivity contribution in [1.82, 2.24) is 10.2 Å². The highest BCUT2D eigenvalue weighted by Gasteiger charge is 2.39. The van der Waals surface area contributed by atoms with Crippen LogP contribution in [0.15, 0.2) is 47.4 Å². The lowest BCUT2D eigenvalue weighted by molar-refractivity contribution is -0.114. The number of ether oxygens (including phenoxy) is 1. The molecule has 1 aliphatic rings. The van der Waals surface area contributed by atoms with Crippen LogP contribution in [0.3, 0.4) is 0 Å². The molecule has 0 bridgehead atoms. The molecule has 1 saturated heterocycles. The van der Waals surface area contributed by atoms with Crippen LogP contribution >= 0.6 is 68.3 Å². The minimum absolute atomic E-state index is 0.0803. The van der Waals surface area contributed by atoms with E-state index in [1.807, 2.05) is 55.5 Å². The van der Waals surface area contributed by atoms with E-state index in [2.05, 4.69) is 55.4 Å². The lowest BCUT2D eigenvalue weighted by Crippen LogP contribution is -2.11. The summed E-state index contributed by atoms with van der Waals surface area (Å²) in [7, 11) is 0. The zero-order valence-electron chi connectivity index (χ0n) is 16.4. The zero-order valence-corrected chi connectivity index (χ0v) is 22.3. The Morgan fingerprint density at radius 3 is 2.52 bits per heavy atom. The second kappa shape index (κ2) is 10.1. The van der Waals surface area contributed by atoms with Gasteiger partial charge < -0.3 is 4.74 Å². The molecule has 0 aliphatic carbocycles. The van der Waals surface area contributed by atoms with Gasteiger partial charge in [0.1, 0.15) is 28.3 Å². The third-order valence-electron chi connectivity index (χ3n) is 4.56. The van der Waals surface area contributed by atoms with Gasteiger partial charge in [-0.2, -0.15) is 0 Å². The first kappa shape index (κ1) is 22.9. The Morgan fingerprint density at radius 1 is 1.16 bits per heavy atom. The van der Waals surface area contributed by atoms with Crippen LogP contribution in [0.1, 0.15) is 34.0 Å². The summed E-state index contributed by atoms with van der Waals surface area (Å²) < 4.78 is 8.00. The smallest absolute Gasteiger partial charge is 0.186 e. The molecule has 158 valence electrons. The number of nitrogens with zero attached hydrogens (tertiary/aromatic N) is 2. The largest absolute Gasteiger partial charge is 0.487 e. The Bertz CT molecular complexity index is 1160. The number of hydrogen-bond acceptors (Lipinski definition) is 7. The maximum atomic E-state index is 13.0. The van der Waals surface area contributed by atoms with Gasteiger partial charge in [0.2, 0.25) is 0 Å². The fourth-order valence-electron chi connectivity index (χ4n) is 3.02. The van der Waals surface area contributed by atoms with Crippen molar-refractivity contribution in [2.24, 2.45) is 0 Å². The fourth-order valence-corrected chi connectivity index (χ4v) is 7.10. The lowest BCUT2D eigenvalue weighted by atomic mass is 10.1. The number of nitrogens with one attached hydrogen (secondary N) is 1. The highest BCUT2D eigenvalue weighted by molar-refractivity contribution is 14.1. The molecule has 1 atom stereocenters. The second-order valence-corrected chi connectivity index (χ2v) is 11.2. The van der Waals surface area contributed by atoms with E-state index in [1.54, 1.807) is 0 Å². The van der Waals surface area contributed by atoms with Gasteiger partial charge in [0.25, 0.3) is 0 Å². The van der Waals surface area contributed by atoms with Crippen LogP contribution in [-0.4, -0.2) is 21.0 Å². The minimum Gasteiger partial charge on any atom is -0.487 e. The monoisotopic (exact) mass is 673 g/mol. The van der Waals surface area contributed by atoms with Crippen molar-refractivity contribution in [3.8, 4) is 5.75 Å². The molecule has 0 radical (unpaired) electrons. The Morgan fingerprint density at radius 2 is 1.87 bits per heavy atom. The van der Waals surface area contributed by atoms with Gasteiger partial charge in [-0.1, -0.05) is 49.0 Å². The van der Waals surface area contributed by atoms with Gasteiger partial charge in [0.15, 0.2) is 5.78 Å². The number of rotatable bonds is 6. The predicted octanol–water partition coefficient (Wildman–Crippen LogP) is 6.31. The van der Waals surface area contributed by atoms with Crippen molar-refractivity contribution in [3.63, 3.8) is 0 Å². The van der Waals surface area contributed by atoms with Crippen molar-refractivity contribution in [2.75, 3.05) is 0 Å². The SMILES string of the molecule is CCc1nnc([C@@H]2C(=N)S/C(=C\c3cc(I)c(OCc4ccccc4)c(I)c3)C2=O)s1. The Labute approximate surface area is 215 Å². The number of halogens is 2. The average molecular weight is 673 g/mol. The van der Waals surface area contributed by atoms with E-state index in [0.29, 0.717) is 21.6 Å². The number of benzene rings is 2. The first-order valence-electron chi connectivity index (χ1n) is 9.46. The van der Waals surface area contributed by atoms with Crippen LogP contribution in [0.5, 0.6) is 5.75 Å². The van der Waals surface area contributed by atoms with E-state index in [1.165, 1.54) is 23.1 Å². The highest BCUT2D eigenvalue weighted by atomic mass is 127. The molecule has 2 heterocycles. The number of ketones is 1. The molecule has 31 heavy (non-hydrogen) atoms. The first-order chi connectivity index (χ1) is 15.0. The number of carbonyl (C=O) groups is 1. The predicted molar refractivity (Wildman–Crippen MR) is 143 cm³/mol. The van der Waals surface area contributed by atoms with E-state index in [-0.39, 0.29) is 5.78 Å². The Hall–Kier alpha value is -1.31. The fraction of sp³-hybridized carbons (Fsp3) is 0.182. The van der Waals surface area contributed by atoms with Crippen LogP contribution in [0.25, 0.3) is 6.08 Å². The van der Waals surface area contributed by atoms with Gasteiger partial charge in [-0.25, -0.2) is 0 Å². The van der Waals surface area contributed by atoms with Crippen molar-refractivity contribution in [1.29, 1.82) is 5.41 Å². The number of carbonyl (C=O) groups excluding carboxylic acids is 1. The van der Waals surface area contributed by atoms with Crippen LogP contribution in [0.2, 0.25) is 0 Å². The van der Waals surface area contributed by atoms with Gasteiger partial charge in [0.05, 0.1) is 17.1 Å². The summed E-state index contributed by atoms with van der Waals surface area (Å²) in [6.07, 6.45) is 2.63. The van der Waals surface area contributed by atoms with E-state index in [4.69, 9.17) is 10.1 Å². The molecule has 2 aromatic carbocycles. The topological polar surface area (TPSA) is 75.9 Å². The van der Waals surface area contributed by atoms with E-state index < -0.39 is 5.92 Å². The number of aryl methyl sites for hydroxylation is 1. The average Bonchev–Trinajstić information content (AvgIpc) is 3.32. The summed E-state index contributed by atoms with van der Waals surface area (Å²) >= 11 is 7.14. The molecule has 0 spiro atoms. The third-order valence-corrected chi connectivity index (χ3v) is 8.29. The summed E-state index contributed by atoms with van der Waals surface area (Å²) in [6, 6.07) is 14.1. The maximum Gasteiger partial charge on any atom is 0.186 e. The molecule has 5 nitrogen and oxygen atoms in total. The summed E-state index contributed by atoms with van der Waals surface area (Å²) in [5, 5.41) is 18.4. The normalized spacial score (nSPS) is 17.5. The molecular weight excluding hydrogens is 656 g/mol. The van der Waals surface area contributed by atoms with Crippen LogP contribution < -0.4 is 4.74 Å². The van der Waals surface area contributed by atoms with Gasteiger partial charge in [0, 0.05) is 0 Å². The number of aromatic nitrogens is 2. The Balaban J connectivity index is 1.54. The van der Waals surface area contributed by atoms with Crippen molar-refractivity contribution < 1.29 is 9.53 Å². The van der Waals surface area contributed by atoms with Gasteiger partial charge in [-0.15, -0.1) is 21.5 Å². The standard InChI is InChI=1S/C22H17I2N3O2S2/c1-2-17-26-27-22(31-17)18-19(28)16(30-21(18)25)10-13-8-14(23)20(15(24)9-13)29-11-12-6-4-3-5-7-12/h3-10,18,25H,2,11H2,1H3/b16-10-,25-21?/t18-/m0/s1. The molecule has 0 amide bonds. The van der Waals surface area contributed by atoms with Crippen LogP contribution in [0.4, 0.5) is 0 Å². The lowest BCUT2D eigenvalue weighted by Gasteiger charge is -2.12. The zero-order chi connectivity index (χ0) is 22.0. The molecule has 1 N–H and O–H groups in total. The van der Waals surface area contributed by atoms with Gasteiger partial charge in [-0.05, 0) is 80.9 Å². The molecule has 0 saturated carbocycles. The molecule has 1 fully saturated rings. The van der Waals surface area contributed by atoms with E-state index in [9.17, 15) is 4.79 Å². The Kier molecular flexibility index (Phi) is 7.44. The molecular formula is C22H17I2N3O2S2. The summed E-state index contributed by atoms with van der Waals surface area (Å²) in [5.74, 6) is 0.132. The number of hydrogen-bond donors (Lipinski definition) is 1. The minimum atomic E-state index is -0.624. The summed E-state index contributed by atoms with van der Waals surface area (Å²) in [4.78, 5) is 13.6. The second-order valence-electron chi connectivity index (χ2n) is 6.75. The van der Waals surface area contributed by atoms with Crippen molar-refractivity contribution in [3.05, 3.63) is 75.7 Å². The van der Waals surface area contributed by atoms with E-state index >= 15 is 0 Å². The number of allylic oxidation sites excluding steroid dienone is 1. The highest BCUT2D eigenvalue weighted by Crippen LogP contribution is 2.42. The molecule has 4 rings (SSSR count). The van der Waals surface area contributed by atoms with Crippen molar-refractivity contribution >= 4 is 85.2 Å². The number of thioether (sulfide) groups is 1. The van der Waals surface area contributed by atoms with Crippen LogP contribution in [0, 0.1) is 12.5 Å². The molecule has 1 aromatic heterocycles. The number of Topliss-reactive ketones (excluding diaryl/α,β-unsaturated/α-hetero) is 1. The molecule has 0 unspecified atom stereocenters. The summed E-state index contributed by atoms with van der Waals surface area (Å²) in [6.45, 7) is 2.50. The van der Waals surface area contributed by atoms with Gasteiger partial charge in [-0.3, -0.25) is 10.2 Å². The third kappa shape index (κ3) is 5.20. The van der Waals surface area contributed by atoms with Crippen molar-refractivity contribution in [2.45, 2.75) is 25.9 Å². The summed E-state index contributed by atoms with van der Waals surface area (Å²) in [5.41, 5.74) is 2.03. The molecule has 3 aromatic rings.